The molecule has 0 atom stereocenters. The summed E-state index contributed by atoms with van der Waals surface area (Å²) in [6, 6.07) is 9.20. The van der Waals surface area contributed by atoms with E-state index in [9.17, 15) is 5.11 Å². The summed E-state index contributed by atoms with van der Waals surface area (Å²) in [5.74, 6) is 2.17. The molecule has 1 aliphatic carbocycles. The molecule has 1 fully saturated rings. The smallest absolute Gasteiger partial charge is 0.202 e. The first kappa shape index (κ1) is 14.9. The van der Waals surface area contributed by atoms with Crippen LogP contribution in [0.3, 0.4) is 0 Å². The Morgan fingerprint density at radius 1 is 1.12 bits per heavy atom. The summed E-state index contributed by atoms with van der Waals surface area (Å²) in [4.78, 5) is 4.68. The second-order valence-corrected chi connectivity index (χ2v) is 6.48. The average Bonchev–Trinajstić information content (AvgIpc) is 3.30. The summed E-state index contributed by atoms with van der Waals surface area (Å²) in [5.41, 5.74) is 1.46. The Kier molecular flexibility index (Phi) is 3.80. The lowest BCUT2D eigenvalue weighted by molar-refractivity contribution is 0.430. The van der Waals surface area contributed by atoms with Gasteiger partial charge in [0.05, 0.1) is 5.56 Å². The summed E-state index contributed by atoms with van der Waals surface area (Å²) >= 11 is 0. The highest BCUT2D eigenvalue weighted by atomic mass is 16.3. The molecule has 24 heavy (non-hydrogen) atoms. The lowest BCUT2D eigenvalue weighted by Crippen LogP contribution is -2.10. The number of hydrogen-bond donors (Lipinski definition) is 1. The van der Waals surface area contributed by atoms with Gasteiger partial charge in [-0.15, -0.1) is 5.10 Å². The third kappa shape index (κ3) is 2.79. The maximum atomic E-state index is 10.2. The average molecular weight is 323 g/mol. The van der Waals surface area contributed by atoms with Crippen LogP contribution in [0.15, 0.2) is 36.5 Å². The van der Waals surface area contributed by atoms with E-state index in [2.05, 4.69) is 10.1 Å². The number of benzene rings is 1. The fraction of sp³-hybridized carbons (Fsp3) is 0.389. The van der Waals surface area contributed by atoms with E-state index in [1.807, 2.05) is 42.2 Å². The van der Waals surface area contributed by atoms with Gasteiger partial charge in [0.25, 0.3) is 0 Å². The van der Waals surface area contributed by atoms with Crippen molar-refractivity contribution in [3.05, 3.63) is 36.5 Å². The Labute approximate surface area is 140 Å². The summed E-state index contributed by atoms with van der Waals surface area (Å²) in [6.07, 6.45) is 6.93. The van der Waals surface area contributed by atoms with E-state index < -0.39 is 0 Å². The zero-order valence-electron chi connectivity index (χ0n) is 13.8. The van der Waals surface area contributed by atoms with Crippen molar-refractivity contribution in [2.75, 3.05) is 0 Å². The van der Waals surface area contributed by atoms with Gasteiger partial charge in [0.1, 0.15) is 11.4 Å². The highest BCUT2D eigenvalue weighted by Gasteiger charge is 2.22. The van der Waals surface area contributed by atoms with Gasteiger partial charge in [0.15, 0.2) is 5.82 Å². The molecular weight excluding hydrogens is 302 g/mol. The van der Waals surface area contributed by atoms with Crippen molar-refractivity contribution in [2.24, 2.45) is 13.0 Å². The molecule has 0 bridgehead atoms. The molecule has 1 aromatic carbocycles. The number of nitrogens with zero attached hydrogens (tertiary/aromatic N) is 5. The Hall–Kier alpha value is -2.63. The summed E-state index contributed by atoms with van der Waals surface area (Å²) < 4.78 is 3.68. The maximum absolute atomic E-state index is 10.2. The Bertz CT molecular complexity index is 845. The number of rotatable bonds is 4. The third-order valence-corrected chi connectivity index (χ3v) is 4.67. The van der Waals surface area contributed by atoms with Crippen LogP contribution < -0.4 is 0 Å². The summed E-state index contributed by atoms with van der Waals surface area (Å²) in [7, 11) is 1.88. The Balaban J connectivity index is 1.77. The van der Waals surface area contributed by atoms with Crippen molar-refractivity contribution in [3.8, 4) is 28.7 Å². The third-order valence-electron chi connectivity index (χ3n) is 4.67. The van der Waals surface area contributed by atoms with Crippen molar-refractivity contribution in [2.45, 2.75) is 32.2 Å². The molecule has 2 heterocycles. The van der Waals surface area contributed by atoms with Crippen molar-refractivity contribution in [3.63, 3.8) is 0 Å². The number of aromatic nitrogens is 5. The molecule has 0 aliphatic heterocycles. The van der Waals surface area contributed by atoms with E-state index in [0.29, 0.717) is 23.1 Å². The minimum Gasteiger partial charge on any atom is -0.507 e. The molecule has 6 nitrogen and oxygen atoms in total. The molecule has 1 aliphatic rings. The summed E-state index contributed by atoms with van der Waals surface area (Å²) in [6.45, 7) is 0.837. The van der Waals surface area contributed by atoms with Gasteiger partial charge in [-0.1, -0.05) is 25.0 Å². The molecule has 0 radical (unpaired) electrons. The van der Waals surface area contributed by atoms with Crippen LogP contribution in [-0.4, -0.2) is 29.7 Å². The van der Waals surface area contributed by atoms with Crippen LogP contribution in [0.1, 0.15) is 25.7 Å². The fourth-order valence-corrected chi connectivity index (χ4v) is 3.41. The van der Waals surface area contributed by atoms with Crippen molar-refractivity contribution in [1.29, 1.82) is 0 Å². The first-order valence-corrected chi connectivity index (χ1v) is 8.44. The molecule has 1 N–H and O–H groups in total. The second kappa shape index (κ2) is 6.11. The lowest BCUT2D eigenvalue weighted by Gasteiger charge is -2.11. The minimum absolute atomic E-state index is 0.227. The van der Waals surface area contributed by atoms with E-state index in [1.165, 1.54) is 25.7 Å². The molecule has 2 aromatic heterocycles. The van der Waals surface area contributed by atoms with Gasteiger partial charge in [-0.3, -0.25) is 4.68 Å². The van der Waals surface area contributed by atoms with Gasteiger partial charge in [-0.05, 0) is 37.0 Å². The molecule has 1 saturated carbocycles. The van der Waals surface area contributed by atoms with E-state index in [0.717, 1.165) is 12.2 Å². The number of phenols is 1. The van der Waals surface area contributed by atoms with Crippen molar-refractivity contribution >= 4 is 0 Å². The van der Waals surface area contributed by atoms with Gasteiger partial charge >= 0.3 is 0 Å². The molecule has 4 rings (SSSR count). The van der Waals surface area contributed by atoms with E-state index in [1.54, 1.807) is 10.7 Å². The first-order chi connectivity index (χ1) is 11.7. The minimum atomic E-state index is 0.227. The van der Waals surface area contributed by atoms with Crippen LogP contribution in [-0.2, 0) is 13.6 Å². The molecule has 0 unspecified atom stereocenters. The monoisotopic (exact) mass is 323 g/mol. The van der Waals surface area contributed by atoms with Crippen LogP contribution in [0.25, 0.3) is 22.9 Å². The van der Waals surface area contributed by atoms with Gasteiger partial charge in [-0.2, -0.15) is 5.10 Å². The van der Waals surface area contributed by atoms with Gasteiger partial charge in [0.2, 0.25) is 5.82 Å². The van der Waals surface area contributed by atoms with Gasteiger partial charge in [0, 0.05) is 19.8 Å². The predicted molar refractivity (Wildman–Crippen MR) is 91.3 cm³/mol. The number of aromatic hydroxyl groups is 1. The number of phenolic OH excluding ortho intramolecular Hbond substituents is 1. The molecule has 0 saturated heterocycles. The van der Waals surface area contributed by atoms with Crippen LogP contribution in [0.2, 0.25) is 0 Å². The predicted octanol–water partition coefficient (Wildman–Crippen LogP) is 3.24. The van der Waals surface area contributed by atoms with Gasteiger partial charge < -0.3 is 5.11 Å². The topological polar surface area (TPSA) is 68.8 Å². The molecule has 124 valence electrons. The van der Waals surface area contributed by atoms with Crippen LogP contribution in [0.4, 0.5) is 0 Å². The van der Waals surface area contributed by atoms with Crippen LogP contribution in [0.5, 0.6) is 5.75 Å². The molecule has 0 amide bonds. The fourth-order valence-electron chi connectivity index (χ4n) is 3.41. The number of aryl methyl sites for hydroxylation is 1. The van der Waals surface area contributed by atoms with E-state index >= 15 is 0 Å². The lowest BCUT2D eigenvalue weighted by atomic mass is 10.1. The van der Waals surface area contributed by atoms with E-state index in [-0.39, 0.29) is 5.75 Å². The Morgan fingerprint density at radius 3 is 2.62 bits per heavy atom. The highest BCUT2D eigenvalue weighted by Crippen LogP contribution is 2.32. The first-order valence-electron chi connectivity index (χ1n) is 8.44. The van der Waals surface area contributed by atoms with Crippen LogP contribution in [0, 0.1) is 5.92 Å². The molecular formula is C18H21N5O. The zero-order valence-corrected chi connectivity index (χ0v) is 13.8. The normalized spacial score (nSPS) is 15.2. The SMILES string of the molecule is Cn1ccc(-c2nc(-c3ccccc3O)n(CC3CCCC3)n2)n1. The Morgan fingerprint density at radius 2 is 1.92 bits per heavy atom. The standard InChI is InChI=1S/C18H21N5O/c1-22-11-10-15(20-22)17-19-18(14-8-4-5-9-16(14)24)23(21-17)12-13-6-2-3-7-13/h4-5,8-11,13,24H,2-3,6-7,12H2,1H3. The van der Waals surface area contributed by atoms with Gasteiger partial charge in [-0.25, -0.2) is 9.67 Å². The van der Waals surface area contributed by atoms with Crippen LogP contribution >= 0.6 is 0 Å². The quantitative estimate of drug-likeness (QED) is 0.800. The largest absolute Gasteiger partial charge is 0.507 e. The maximum Gasteiger partial charge on any atom is 0.202 e. The van der Waals surface area contributed by atoms with E-state index in [4.69, 9.17) is 5.10 Å². The molecule has 0 spiro atoms. The zero-order chi connectivity index (χ0) is 16.5. The second-order valence-electron chi connectivity index (χ2n) is 6.48. The molecule has 6 heteroatoms. The number of hydrogen-bond acceptors (Lipinski definition) is 4. The van der Waals surface area contributed by atoms with Crippen molar-refractivity contribution in [1.82, 2.24) is 24.5 Å². The highest BCUT2D eigenvalue weighted by molar-refractivity contribution is 5.65. The summed E-state index contributed by atoms with van der Waals surface area (Å²) in [5, 5.41) is 19.3. The van der Waals surface area contributed by atoms with Crippen molar-refractivity contribution < 1.29 is 5.11 Å². The molecule has 3 aromatic rings. The number of para-hydroxylation sites is 1.